The van der Waals surface area contributed by atoms with Crippen LogP contribution in [0.25, 0.3) is 0 Å². The lowest BCUT2D eigenvalue weighted by atomic mass is 10.3. The molecule has 0 aliphatic heterocycles. The summed E-state index contributed by atoms with van der Waals surface area (Å²) in [5.41, 5.74) is 1.12. The van der Waals surface area contributed by atoms with Crippen LogP contribution in [0.15, 0.2) is 40.3 Å². The first-order chi connectivity index (χ1) is 10.6. The molecule has 1 aromatic carbocycles. The normalized spacial score (nSPS) is 10.3. The molecule has 0 bridgehead atoms. The summed E-state index contributed by atoms with van der Waals surface area (Å²) in [6, 6.07) is 7.17. The van der Waals surface area contributed by atoms with E-state index in [0.29, 0.717) is 17.3 Å². The largest absolute Gasteiger partial charge is 0.494 e. The van der Waals surface area contributed by atoms with Crippen LogP contribution in [0.2, 0.25) is 0 Å². The molecule has 0 atom stereocenters. The Hall–Kier alpha value is -2.28. The first kappa shape index (κ1) is 16.1. The van der Waals surface area contributed by atoms with E-state index < -0.39 is 5.69 Å². The molecule has 2 aromatic rings. The molecule has 0 saturated carbocycles. The highest BCUT2D eigenvalue weighted by Crippen LogP contribution is 2.19. The second-order valence-electron chi connectivity index (χ2n) is 4.49. The highest BCUT2D eigenvalue weighted by molar-refractivity contribution is 8.00. The van der Waals surface area contributed by atoms with Gasteiger partial charge in [-0.25, -0.2) is 9.78 Å². The Balaban J connectivity index is 1.90. The van der Waals surface area contributed by atoms with Gasteiger partial charge in [-0.3, -0.25) is 4.79 Å². The van der Waals surface area contributed by atoms with Crippen molar-refractivity contribution in [2.45, 2.75) is 18.9 Å². The molecule has 0 spiro atoms. The van der Waals surface area contributed by atoms with Crippen LogP contribution in [0.5, 0.6) is 5.75 Å². The van der Waals surface area contributed by atoms with Crippen LogP contribution in [0.3, 0.4) is 0 Å². The molecule has 1 heterocycles. The molecular formula is C15H17N3O3S. The summed E-state index contributed by atoms with van der Waals surface area (Å²) in [7, 11) is 0. The minimum Gasteiger partial charge on any atom is -0.494 e. The quantitative estimate of drug-likeness (QED) is 0.630. The molecule has 0 aliphatic carbocycles. The number of carbonyl (C=O) groups is 1. The van der Waals surface area contributed by atoms with Gasteiger partial charge in [-0.2, -0.15) is 0 Å². The minimum atomic E-state index is -0.417. The summed E-state index contributed by atoms with van der Waals surface area (Å²) in [5, 5.41) is 3.45. The lowest BCUT2D eigenvalue weighted by Crippen LogP contribution is -2.16. The number of benzene rings is 1. The summed E-state index contributed by atoms with van der Waals surface area (Å²) in [5.74, 6) is 0.819. The van der Waals surface area contributed by atoms with Gasteiger partial charge >= 0.3 is 5.69 Å². The monoisotopic (exact) mass is 319 g/mol. The van der Waals surface area contributed by atoms with E-state index in [1.54, 1.807) is 24.3 Å². The molecule has 7 heteroatoms. The standard InChI is InChI=1S/C15H17N3O3S/c1-3-21-12-6-4-11(5-7-12)17-13(19)9-22-14-10(2)8-16-15(20)18-14/h4-8H,3,9H2,1-2H3,(H,17,19)(H,16,18,20). The Bertz CT molecular complexity index is 698. The van der Waals surface area contributed by atoms with Crippen molar-refractivity contribution in [1.82, 2.24) is 9.97 Å². The van der Waals surface area contributed by atoms with Crippen LogP contribution in [-0.4, -0.2) is 28.2 Å². The zero-order chi connectivity index (χ0) is 15.9. The Morgan fingerprint density at radius 1 is 1.36 bits per heavy atom. The lowest BCUT2D eigenvalue weighted by molar-refractivity contribution is -0.113. The summed E-state index contributed by atoms with van der Waals surface area (Å²) in [6.07, 6.45) is 1.49. The van der Waals surface area contributed by atoms with Crippen molar-refractivity contribution in [2.75, 3.05) is 17.7 Å². The number of nitrogens with one attached hydrogen (secondary N) is 2. The highest BCUT2D eigenvalue weighted by atomic mass is 32.2. The van der Waals surface area contributed by atoms with Gasteiger partial charge in [-0.05, 0) is 43.7 Å². The predicted molar refractivity (Wildman–Crippen MR) is 86.6 cm³/mol. The van der Waals surface area contributed by atoms with E-state index in [9.17, 15) is 9.59 Å². The fourth-order valence-corrected chi connectivity index (χ4v) is 2.52. The number of amides is 1. The Morgan fingerprint density at radius 3 is 2.77 bits per heavy atom. The number of nitrogens with zero attached hydrogens (tertiary/aromatic N) is 1. The Morgan fingerprint density at radius 2 is 2.09 bits per heavy atom. The van der Waals surface area contributed by atoms with Gasteiger partial charge in [0, 0.05) is 11.9 Å². The summed E-state index contributed by atoms with van der Waals surface area (Å²) < 4.78 is 5.34. The van der Waals surface area contributed by atoms with Crippen molar-refractivity contribution in [3.63, 3.8) is 0 Å². The SMILES string of the molecule is CCOc1ccc(NC(=O)CSc2[nH]c(=O)ncc2C)cc1. The van der Waals surface area contributed by atoms with Gasteiger partial charge in [0.15, 0.2) is 0 Å². The number of carbonyl (C=O) groups excluding carboxylic acids is 1. The average Bonchev–Trinajstić information content (AvgIpc) is 2.50. The molecule has 0 aliphatic rings. The van der Waals surface area contributed by atoms with E-state index in [1.807, 2.05) is 13.8 Å². The van der Waals surface area contributed by atoms with Crippen molar-refractivity contribution in [1.29, 1.82) is 0 Å². The molecule has 0 saturated heterocycles. The van der Waals surface area contributed by atoms with E-state index in [1.165, 1.54) is 18.0 Å². The maximum atomic E-state index is 11.9. The second kappa shape index (κ2) is 7.65. The van der Waals surface area contributed by atoms with Gasteiger partial charge in [0.2, 0.25) is 5.91 Å². The second-order valence-corrected chi connectivity index (χ2v) is 5.48. The molecule has 1 amide bonds. The van der Waals surface area contributed by atoms with Gasteiger partial charge in [0.1, 0.15) is 5.75 Å². The summed E-state index contributed by atoms with van der Waals surface area (Å²) in [6.45, 7) is 4.35. The van der Waals surface area contributed by atoms with Crippen molar-refractivity contribution >= 4 is 23.4 Å². The third-order valence-corrected chi connectivity index (χ3v) is 3.87. The summed E-state index contributed by atoms with van der Waals surface area (Å²) in [4.78, 5) is 29.3. The number of thioether (sulfide) groups is 1. The van der Waals surface area contributed by atoms with Crippen molar-refractivity contribution in [3.05, 3.63) is 46.5 Å². The molecule has 116 valence electrons. The molecule has 1 aromatic heterocycles. The Labute approximate surface area is 132 Å². The molecular weight excluding hydrogens is 302 g/mol. The van der Waals surface area contributed by atoms with Crippen LogP contribution in [0, 0.1) is 6.92 Å². The van der Waals surface area contributed by atoms with Gasteiger partial charge in [-0.15, -0.1) is 0 Å². The minimum absolute atomic E-state index is 0.147. The molecule has 2 N–H and O–H groups in total. The van der Waals surface area contributed by atoms with Crippen molar-refractivity contribution in [2.24, 2.45) is 0 Å². The molecule has 0 fully saturated rings. The fourth-order valence-electron chi connectivity index (χ4n) is 1.73. The van der Waals surface area contributed by atoms with Gasteiger partial charge in [0.05, 0.1) is 17.4 Å². The topological polar surface area (TPSA) is 84.1 Å². The number of anilines is 1. The van der Waals surface area contributed by atoms with Crippen LogP contribution >= 0.6 is 11.8 Å². The highest BCUT2D eigenvalue weighted by Gasteiger charge is 2.07. The maximum absolute atomic E-state index is 11.9. The summed E-state index contributed by atoms with van der Waals surface area (Å²) >= 11 is 1.27. The maximum Gasteiger partial charge on any atom is 0.345 e. The first-order valence-corrected chi connectivity index (χ1v) is 7.78. The van der Waals surface area contributed by atoms with E-state index in [2.05, 4.69) is 15.3 Å². The smallest absolute Gasteiger partial charge is 0.345 e. The number of aromatic amines is 1. The zero-order valence-electron chi connectivity index (χ0n) is 12.4. The molecule has 2 rings (SSSR count). The van der Waals surface area contributed by atoms with E-state index in [0.717, 1.165) is 11.3 Å². The average molecular weight is 319 g/mol. The van der Waals surface area contributed by atoms with Crippen LogP contribution in [0.1, 0.15) is 12.5 Å². The first-order valence-electron chi connectivity index (χ1n) is 6.80. The number of H-pyrrole nitrogens is 1. The fraction of sp³-hybridized carbons (Fsp3) is 0.267. The van der Waals surface area contributed by atoms with Crippen molar-refractivity contribution in [3.8, 4) is 5.75 Å². The number of ether oxygens (including phenoxy) is 1. The van der Waals surface area contributed by atoms with Crippen LogP contribution < -0.4 is 15.7 Å². The van der Waals surface area contributed by atoms with Gasteiger partial charge in [0.25, 0.3) is 0 Å². The van der Waals surface area contributed by atoms with E-state index in [4.69, 9.17) is 4.74 Å². The number of aromatic nitrogens is 2. The molecule has 6 nitrogen and oxygen atoms in total. The molecule has 22 heavy (non-hydrogen) atoms. The van der Waals surface area contributed by atoms with Crippen LogP contribution in [-0.2, 0) is 4.79 Å². The number of rotatable bonds is 6. The van der Waals surface area contributed by atoms with Gasteiger partial charge < -0.3 is 15.0 Å². The van der Waals surface area contributed by atoms with Crippen molar-refractivity contribution < 1.29 is 9.53 Å². The van der Waals surface area contributed by atoms with Crippen LogP contribution in [0.4, 0.5) is 5.69 Å². The third-order valence-electron chi connectivity index (χ3n) is 2.75. The molecule has 0 radical (unpaired) electrons. The number of aryl methyl sites for hydroxylation is 1. The Kier molecular flexibility index (Phi) is 5.60. The number of hydrogen-bond acceptors (Lipinski definition) is 5. The third kappa shape index (κ3) is 4.63. The molecule has 0 unspecified atom stereocenters. The van der Waals surface area contributed by atoms with E-state index in [-0.39, 0.29) is 11.7 Å². The zero-order valence-corrected chi connectivity index (χ0v) is 13.2. The van der Waals surface area contributed by atoms with Gasteiger partial charge in [-0.1, -0.05) is 11.8 Å². The predicted octanol–water partition coefficient (Wildman–Crippen LogP) is 2.21. The lowest BCUT2D eigenvalue weighted by Gasteiger charge is -2.07. The number of hydrogen-bond donors (Lipinski definition) is 2. The van der Waals surface area contributed by atoms with E-state index >= 15 is 0 Å².